The Bertz CT molecular complexity index is 303. The molecule has 0 aromatic carbocycles. The first-order chi connectivity index (χ1) is 6.38. The average molecular weight is 234 g/mol. The van der Waals surface area contributed by atoms with Crippen molar-refractivity contribution in [3.8, 4) is 0 Å². The predicted octanol–water partition coefficient (Wildman–Crippen LogP) is 0.368. The first kappa shape index (κ1) is 11.6. The molecule has 0 unspecified atom stereocenters. The van der Waals surface area contributed by atoms with Gasteiger partial charge in [-0.15, -0.1) is 12.4 Å². The Morgan fingerprint density at radius 2 is 2.36 bits per heavy atom. The molecular formula is C8H12ClN3OS. The van der Waals surface area contributed by atoms with Crippen LogP contribution in [0.4, 0.5) is 0 Å². The molecule has 1 saturated heterocycles. The molecule has 0 bridgehead atoms. The maximum absolute atomic E-state index is 11.8. The van der Waals surface area contributed by atoms with Gasteiger partial charge in [0.15, 0.2) is 0 Å². The molecule has 2 rings (SSSR count). The zero-order chi connectivity index (χ0) is 9.10. The van der Waals surface area contributed by atoms with Crippen molar-refractivity contribution in [2.75, 3.05) is 13.1 Å². The van der Waals surface area contributed by atoms with E-state index in [-0.39, 0.29) is 17.7 Å². The molecule has 4 nitrogen and oxygen atoms in total. The van der Waals surface area contributed by atoms with Crippen LogP contribution in [-0.4, -0.2) is 32.5 Å². The minimum absolute atomic E-state index is 0. The summed E-state index contributed by atoms with van der Waals surface area (Å²) in [5.41, 5.74) is 0. The van der Waals surface area contributed by atoms with Crippen LogP contribution in [0.25, 0.3) is 0 Å². The SMILES string of the molecule is Cl.O=[S@](c1cnccn1)[C@@H]1CCNC1. The fraction of sp³-hybridized carbons (Fsp3) is 0.500. The van der Waals surface area contributed by atoms with E-state index in [2.05, 4.69) is 15.3 Å². The molecule has 1 N–H and O–H groups in total. The summed E-state index contributed by atoms with van der Waals surface area (Å²) < 4.78 is 11.8. The molecule has 0 saturated carbocycles. The van der Waals surface area contributed by atoms with Gasteiger partial charge >= 0.3 is 0 Å². The third-order valence-electron chi connectivity index (χ3n) is 2.06. The Morgan fingerprint density at radius 1 is 1.50 bits per heavy atom. The Kier molecular flexibility index (Phi) is 4.44. The van der Waals surface area contributed by atoms with E-state index in [0.29, 0.717) is 5.03 Å². The van der Waals surface area contributed by atoms with Gasteiger partial charge in [0.1, 0.15) is 5.03 Å². The molecule has 1 aromatic heterocycles. The van der Waals surface area contributed by atoms with Gasteiger partial charge in [0.05, 0.1) is 22.2 Å². The summed E-state index contributed by atoms with van der Waals surface area (Å²) in [7, 11) is -0.995. The van der Waals surface area contributed by atoms with Crippen molar-refractivity contribution in [1.82, 2.24) is 15.3 Å². The second kappa shape index (κ2) is 5.38. The zero-order valence-electron chi connectivity index (χ0n) is 7.55. The van der Waals surface area contributed by atoms with E-state index in [4.69, 9.17) is 0 Å². The number of nitrogens with zero attached hydrogens (tertiary/aromatic N) is 2. The summed E-state index contributed by atoms with van der Waals surface area (Å²) >= 11 is 0. The second-order valence-electron chi connectivity index (χ2n) is 2.96. The summed E-state index contributed by atoms with van der Waals surface area (Å²) in [6.07, 6.45) is 5.71. The van der Waals surface area contributed by atoms with Gasteiger partial charge < -0.3 is 5.32 Å². The normalized spacial score (nSPS) is 22.7. The standard InChI is InChI=1S/C8H11N3OS.ClH/c12-13(7-1-2-9-5-7)8-6-10-3-4-11-8;/h3-4,6-7,9H,1-2,5H2;1H/t7-,13+;/m1./s1. The van der Waals surface area contributed by atoms with Crippen molar-refractivity contribution in [3.05, 3.63) is 18.6 Å². The number of hydrogen-bond acceptors (Lipinski definition) is 4. The van der Waals surface area contributed by atoms with Gasteiger partial charge in [-0.1, -0.05) is 0 Å². The molecule has 0 amide bonds. The smallest absolute Gasteiger partial charge is 0.145 e. The lowest BCUT2D eigenvalue weighted by Crippen LogP contribution is -2.19. The van der Waals surface area contributed by atoms with Crippen molar-refractivity contribution >= 4 is 23.2 Å². The largest absolute Gasteiger partial charge is 0.315 e. The molecule has 1 aliphatic heterocycles. The van der Waals surface area contributed by atoms with Crippen LogP contribution < -0.4 is 5.32 Å². The highest BCUT2D eigenvalue weighted by atomic mass is 35.5. The number of rotatable bonds is 2. The fourth-order valence-corrected chi connectivity index (χ4v) is 2.64. The molecule has 14 heavy (non-hydrogen) atoms. The summed E-state index contributed by atoms with van der Waals surface area (Å²) in [5, 5.41) is 3.98. The van der Waals surface area contributed by atoms with Crippen LogP contribution in [0.15, 0.2) is 23.6 Å². The Hall–Kier alpha value is -0.520. The molecular weight excluding hydrogens is 222 g/mol. The van der Waals surface area contributed by atoms with E-state index in [0.717, 1.165) is 19.5 Å². The lowest BCUT2D eigenvalue weighted by Gasteiger charge is -2.05. The molecule has 78 valence electrons. The molecule has 2 heterocycles. The molecule has 0 aliphatic carbocycles. The van der Waals surface area contributed by atoms with E-state index in [1.54, 1.807) is 18.6 Å². The predicted molar refractivity (Wildman–Crippen MR) is 57.0 cm³/mol. The van der Waals surface area contributed by atoms with E-state index in [1.165, 1.54) is 0 Å². The molecule has 1 aliphatic rings. The van der Waals surface area contributed by atoms with E-state index in [9.17, 15) is 4.21 Å². The van der Waals surface area contributed by atoms with Gasteiger partial charge in [0.25, 0.3) is 0 Å². The lowest BCUT2D eigenvalue weighted by atomic mass is 10.4. The number of nitrogens with one attached hydrogen (secondary N) is 1. The van der Waals surface area contributed by atoms with Crippen molar-refractivity contribution in [2.24, 2.45) is 0 Å². The summed E-state index contributed by atoms with van der Waals surface area (Å²) in [6, 6.07) is 0. The first-order valence-electron chi connectivity index (χ1n) is 4.25. The van der Waals surface area contributed by atoms with Crippen LogP contribution in [0.2, 0.25) is 0 Å². The Balaban J connectivity index is 0.000000980. The highest BCUT2D eigenvalue weighted by Crippen LogP contribution is 2.12. The lowest BCUT2D eigenvalue weighted by molar-refractivity contribution is 0.668. The topological polar surface area (TPSA) is 54.9 Å². The van der Waals surface area contributed by atoms with Crippen molar-refractivity contribution in [3.63, 3.8) is 0 Å². The summed E-state index contributed by atoms with van der Waals surface area (Å²) in [6.45, 7) is 1.78. The quantitative estimate of drug-likeness (QED) is 0.802. The van der Waals surface area contributed by atoms with Crippen LogP contribution in [0.1, 0.15) is 6.42 Å². The minimum Gasteiger partial charge on any atom is -0.315 e. The van der Waals surface area contributed by atoms with Crippen molar-refractivity contribution in [1.29, 1.82) is 0 Å². The van der Waals surface area contributed by atoms with E-state index in [1.807, 2.05) is 0 Å². The third kappa shape index (κ3) is 2.50. The summed E-state index contributed by atoms with van der Waals surface area (Å²) in [5.74, 6) is 0. The van der Waals surface area contributed by atoms with Crippen LogP contribution >= 0.6 is 12.4 Å². The highest BCUT2D eigenvalue weighted by molar-refractivity contribution is 7.85. The monoisotopic (exact) mass is 233 g/mol. The molecule has 1 aromatic rings. The van der Waals surface area contributed by atoms with Crippen LogP contribution in [-0.2, 0) is 10.8 Å². The highest BCUT2D eigenvalue weighted by Gasteiger charge is 2.22. The number of aromatic nitrogens is 2. The first-order valence-corrected chi connectivity index (χ1v) is 5.46. The molecule has 0 radical (unpaired) electrons. The maximum atomic E-state index is 11.8. The third-order valence-corrected chi connectivity index (χ3v) is 3.69. The maximum Gasteiger partial charge on any atom is 0.145 e. The average Bonchev–Trinajstić information content (AvgIpc) is 2.71. The van der Waals surface area contributed by atoms with Gasteiger partial charge in [0, 0.05) is 18.9 Å². The zero-order valence-corrected chi connectivity index (χ0v) is 9.18. The van der Waals surface area contributed by atoms with Crippen LogP contribution in [0, 0.1) is 0 Å². The van der Waals surface area contributed by atoms with Crippen LogP contribution in [0.3, 0.4) is 0 Å². The number of hydrogen-bond donors (Lipinski definition) is 1. The Morgan fingerprint density at radius 3 is 2.93 bits per heavy atom. The molecule has 0 spiro atoms. The molecule has 1 fully saturated rings. The van der Waals surface area contributed by atoms with Crippen molar-refractivity contribution in [2.45, 2.75) is 16.7 Å². The van der Waals surface area contributed by atoms with Gasteiger partial charge in [-0.05, 0) is 13.0 Å². The minimum atomic E-state index is -0.995. The molecule has 2 atom stereocenters. The second-order valence-corrected chi connectivity index (χ2v) is 4.64. The van der Waals surface area contributed by atoms with Crippen LogP contribution in [0.5, 0.6) is 0 Å². The van der Waals surface area contributed by atoms with Crippen molar-refractivity contribution < 1.29 is 4.21 Å². The Labute approximate surface area is 91.4 Å². The van der Waals surface area contributed by atoms with E-state index >= 15 is 0 Å². The van der Waals surface area contributed by atoms with Gasteiger partial charge in [-0.3, -0.25) is 9.19 Å². The van der Waals surface area contributed by atoms with E-state index < -0.39 is 10.8 Å². The van der Waals surface area contributed by atoms with Gasteiger partial charge in [-0.2, -0.15) is 0 Å². The van der Waals surface area contributed by atoms with Gasteiger partial charge in [0.2, 0.25) is 0 Å². The summed E-state index contributed by atoms with van der Waals surface area (Å²) in [4.78, 5) is 7.93. The van der Waals surface area contributed by atoms with Gasteiger partial charge in [-0.25, -0.2) is 4.98 Å². The fourth-order valence-electron chi connectivity index (χ4n) is 1.37. The number of halogens is 1. The molecule has 6 heteroatoms.